The Morgan fingerprint density at radius 2 is 2.09 bits per heavy atom. The highest BCUT2D eigenvalue weighted by Gasteiger charge is 2.30. The van der Waals surface area contributed by atoms with Crippen LogP contribution >= 0.6 is 0 Å². The normalized spacial score (nSPS) is 17.5. The molecule has 1 aliphatic rings. The van der Waals surface area contributed by atoms with Crippen molar-refractivity contribution < 1.29 is 9.50 Å². The fraction of sp³-hybridized carbons (Fsp3) is 0.588. The van der Waals surface area contributed by atoms with Gasteiger partial charge in [0.1, 0.15) is 5.82 Å². The van der Waals surface area contributed by atoms with Crippen LogP contribution in [0.2, 0.25) is 0 Å². The van der Waals surface area contributed by atoms with E-state index in [1.54, 1.807) is 12.1 Å². The molecule has 0 aliphatic heterocycles. The van der Waals surface area contributed by atoms with Crippen molar-refractivity contribution in [2.45, 2.75) is 44.6 Å². The third-order valence-electron chi connectivity index (χ3n) is 4.01. The highest BCUT2D eigenvalue weighted by molar-refractivity contribution is 5.79. The molecule has 1 aromatic carbocycles. The molecule has 0 amide bonds. The Morgan fingerprint density at radius 3 is 2.77 bits per heavy atom. The minimum absolute atomic E-state index is 0.207. The second kappa shape index (κ2) is 8.13. The predicted octanol–water partition coefficient (Wildman–Crippen LogP) is 2.23. The fourth-order valence-electron chi connectivity index (χ4n) is 2.78. The van der Waals surface area contributed by atoms with Gasteiger partial charge in [0.05, 0.1) is 12.1 Å². The van der Waals surface area contributed by atoms with Crippen molar-refractivity contribution in [3.8, 4) is 0 Å². The summed E-state index contributed by atoms with van der Waals surface area (Å²) >= 11 is 0. The van der Waals surface area contributed by atoms with E-state index >= 15 is 0 Å². The number of aliphatic hydroxyl groups is 1. The van der Waals surface area contributed by atoms with Crippen molar-refractivity contribution in [1.29, 1.82) is 0 Å². The highest BCUT2D eigenvalue weighted by atomic mass is 19.1. The summed E-state index contributed by atoms with van der Waals surface area (Å²) in [5.41, 5.74) is 0.322. The summed E-state index contributed by atoms with van der Waals surface area (Å²) in [7, 11) is 0. The van der Waals surface area contributed by atoms with E-state index in [1.165, 1.54) is 6.07 Å². The van der Waals surface area contributed by atoms with E-state index in [-0.39, 0.29) is 5.82 Å². The lowest BCUT2D eigenvalue weighted by Crippen LogP contribution is -2.40. The smallest absolute Gasteiger partial charge is 0.191 e. The molecule has 5 heteroatoms. The maximum atomic E-state index is 13.1. The first-order valence-corrected chi connectivity index (χ1v) is 8.10. The Labute approximate surface area is 131 Å². The molecule has 0 unspecified atom stereocenters. The van der Waals surface area contributed by atoms with Gasteiger partial charge in [0, 0.05) is 13.1 Å². The van der Waals surface area contributed by atoms with Crippen LogP contribution in [0.4, 0.5) is 4.39 Å². The van der Waals surface area contributed by atoms with Crippen LogP contribution in [0.25, 0.3) is 0 Å². The van der Waals surface area contributed by atoms with Crippen molar-refractivity contribution >= 4 is 5.96 Å². The molecule has 1 fully saturated rings. The van der Waals surface area contributed by atoms with Gasteiger partial charge in [-0.2, -0.15) is 0 Å². The SMILES string of the molecule is CCNC(=NCC1(O)CCCC1)NCCc1cccc(F)c1. The number of nitrogens with zero attached hydrogens (tertiary/aromatic N) is 1. The van der Waals surface area contributed by atoms with Crippen LogP contribution < -0.4 is 10.6 Å². The summed E-state index contributed by atoms with van der Waals surface area (Å²) in [4.78, 5) is 4.49. The van der Waals surface area contributed by atoms with Gasteiger partial charge in [-0.3, -0.25) is 4.99 Å². The first-order chi connectivity index (χ1) is 10.6. The third kappa shape index (κ3) is 5.30. The van der Waals surface area contributed by atoms with E-state index in [0.717, 1.165) is 44.2 Å². The average Bonchev–Trinajstić information content (AvgIpc) is 2.92. The Kier molecular flexibility index (Phi) is 6.19. The third-order valence-corrected chi connectivity index (χ3v) is 4.01. The molecule has 0 atom stereocenters. The molecule has 0 saturated heterocycles. The molecular weight excluding hydrogens is 281 g/mol. The van der Waals surface area contributed by atoms with Crippen LogP contribution in [0.15, 0.2) is 29.3 Å². The van der Waals surface area contributed by atoms with Crippen molar-refractivity contribution in [3.63, 3.8) is 0 Å². The predicted molar refractivity (Wildman–Crippen MR) is 87.5 cm³/mol. The number of hydrogen-bond donors (Lipinski definition) is 3. The Hall–Kier alpha value is -1.62. The summed E-state index contributed by atoms with van der Waals surface area (Å²) in [6.07, 6.45) is 4.55. The zero-order valence-electron chi connectivity index (χ0n) is 13.2. The average molecular weight is 307 g/mol. The lowest BCUT2D eigenvalue weighted by Gasteiger charge is -2.20. The molecule has 0 radical (unpaired) electrons. The molecule has 2 rings (SSSR count). The molecule has 22 heavy (non-hydrogen) atoms. The number of aliphatic imine (C=N–C) groups is 1. The fourth-order valence-corrected chi connectivity index (χ4v) is 2.78. The first-order valence-electron chi connectivity index (χ1n) is 8.10. The quantitative estimate of drug-likeness (QED) is 0.558. The molecule has 1 saturated carbocycles. The number of hydrogen-bond acceptors (Lipinski definition) is 2. The molecular formula is C17H26FN3O. The van der Waals surface area contributed by atoms with Gasteiger partial charge in [-0.15, -0.1) is 0 Å². The van der Waals surface area contributed by atoms with Crippen LogP contribution in [-0.4, -0.2) is 36.3 Å². The van der Waals surface area contributed by atoms with Gasteiger partial charge in [-0.25, -0.2) is 4.39 Å². The first kappa shape index (κ1) is 16.7. The molecule has 1 aliphatic carbocycles. The summed E-state index contributed by atoms with van der Waals surface area (Å²) in [5, 5.41) is 16.7. The molecule has 122 valence electrons. The largest absolute Gasteiger partial charge is 0.388 e. The Balaban J connectivity index is 1.83. The van der Waals surface area contributed by atoms with E-state index in [1.807, 2.05) is 13.0 Å². The minimum atomic E-state index is -0.634. The minimum Gasteiger partial charge on any atom is -0.388 e. The molecule has 0 bridgehead atoms. The van der Waals surface area contributed by atoms with E-state index in [4.69, 9.17) is 0 Å². The van der Waals surface area contributed by atoms with Crippen molar-refractivity contribution in [1.82, 2.24) is 10.6 Å². The summed E-state index contributed by atoms with van der Waals surface area (Å²) in [6.45, 7) is 3.88. The monoisotopic (exact) mass is 307 g/mol. The summed E-state index contributed by atoms with van der Waals surface area (Å²) in [5.74, 6) is 0.501. The van der Waals surface area contributed by atoms with Crippen molar-refractivity contribution in [2.24, 2.45) is 4.99 Å². The molecule has 1 aromatic rings. The maximum Gasteiger partial charge on any atom is 0.191 e. The zero-order chi connectivity index (χ0) is 15.8. The number of halogens is 1. The van der Waals surface area contributed by atoms with Gasteiger partial charge in [-0.1, -0.05) is 25.0 Å². The van der Waals surface area contributed by atoms with Crippen LogP contribution in [0.3, 0.4) is 0 Å². The van der Waals surface area contributed by atoms with Crippen LogP contribution in [0.1, 0.15) is 38.2 Å². The highest BCUT2D eigenvalue weighted by Crippen LogP contribution is 2.29. The number of benzene rings is 1. The molecule has 3 N–H and O–H groups in total. The van der Waals surface area contributed by atoms with Gasteiger partial charge < -0.3 is 15.7 Å². The van der Waals surface area contributed by atoms with Gasteiger partial charge in [0.15, 0.2) is 5.96 Å². The maximum absolute atomic E-state index is 13.1. The standard InChI is InChI=1S/C17H26FN3O/c1-2-19-16(21-13-17(22)9-3-4-10-17)20-11-8-14-6-5-7-15(18)12-14/h5-7,12,22H,2-4,8-11,13H2,1H3,(H2,19,20,21). The van der Waals surface area contributed by atoms with Crippen LogP contribution in [0, 0.1) is 5.82 Å². The lowest BCUT2D eigenvalue weighted by atomic mass is 10.0. The van der Waals surface area contributed by atoms with Gasteiger partial charge in [0.2, 0.25) is 0 Å². The number of guanidine groups is 1. The second-order valence-corrected chi connectivity index (χ2v) is 5.93. The Morgan fingerprint density at radius 1 is 1.32 bits per heavy atom. The van der Waals surface area contributed by atoms with Crippen LogP contribution in [0.5, 0.6) is 0 Å². The molecule has 4 nitrogen and oxygen atoms in total. The van der Waals surface area contributed by atoms with E-state index in [0.29, 0.717) is 19.0 Å². The van der Waals surface area contributed by atoms with Crippen LogP contribution in [-0.2, 0) is 6.42 Å². The molecule has 0 spiro atoms. The van der Waals surface area contributed by atoms with Gasteiger partial charge in [0.25, 0.3) is 0 Å². The van der Waals surface area contributed by atoms with E-state index in [9.17, 15) is 9.50 Å². The van der Waals surface area contributed by atoms with Gasteiger partial charge in [-0.05, 0) is 43.9 Å². The number of nitrogens with one attached hydrogen (secondary N) is 2. The number of rotatable bonds is 6. The second-order valence-electron chi connectivity index (χ2n) is 5.93. The molecule has 0 aromatic heterocycles. The van der Waals surface area contributed by atoms with E-state index in [2.05, 4.69) is 15.6 Å². The van der Waals surface area contributed by atoms with Crippen molar-refractivity contribution in [3.05, 3.63) is 35.6 Å². The van der Waals surface area contributed by atoms with Gasteiger partial charge >= 0.3 is 0 Å². The zero-order valence-corrected chi connectivity index (χ0v) is 13.2. The topological polar surface area (TPSA) is 56.7 Å². The summed E-state index contributed by atoms with van der Waals surface area (Å²) in [6, 6.07) is 6.63. The Bertz CT molecular complexity index is 498. The van der Waals surface area contributed by atoms with Crippen molar-refractivity contribution in [2.75, 3.05) is 19.6 Å². The summed E-state index contributed by atoms with van der Waals surface area (Å²) < 4.78 is 13.1. The molecule has 0 heterocycles. The lowest BCUT2D eigenvalue weighted by molar-refractivity contribution is 0.0574. The van der Waals surface area contributed by atoms with E-state index < -0.39 is 5.60 Å².